The van der Waals surface area contributed by atoms with Crippen LogP contribution in [0.15, 0.2) is 54.6 Å². The van der Waals surface area contributed by atoms with Gasteiger partial charge in [-0.2, -0.15) is 0 Å². The van der Waals surface area contributed by atoms with Gasteiger partial charge in [-0.1, -0.05) is 36.4 Å². The van der Waals surface area contributed by atoms with Crippen LogP contribution < -0.4 is 14.4 Å². The van der Waals surface area contributed by atoms with Crippen LogP contribution in [0.4, 0.5) is 5.69 Å². The average Bonchev–Trinajstić information content (AvgIpc) is 2.59. The lowest BCUT2D eigenvalue weighted by molar-refractivity contribution is -0.120. The molecule has 140 valence electrons. The Morgan fingerprint density at radius 2 is 1.73 bits per heavy atom. The Hall–Kier alpha value is -2.54. The summed E-state index contributed by atoms with van der Waals surface area (Å²) in [5.74, 6) is 0.371. The summed E-state index contributed by atoms with van der Waals surface area (Å²) < 4.78 is 30.8. The Kier molecular flexibility index (Phi) is 6.63. The van der Waals surface area contributed by atoms with Gasteiger partial charge in [0.15, 0.2) is 0 Å². The molecular formula is C19H24N2O4S. The van der Waals surface area contributed by atoms with E-state index in [1.165, 1.54) is 0 Å². The lowest BCUT2D eigenvalue weighted by Crippen LogP contribution is -2.44. The number of ether oxygens (including phenoxy) is 1. The van der Waals surface area contributed by atoms with Crippen molar-refractivity contribution in [2.75, 3.05) is 23.7 Å². The first-order chi connectivity index (χ1) is 12.3. The molecule has 0 heterocycles. The van der Waals surface area contributed by atoms with Crippen LogP contribution in [-0.2, 0) is 14.8 Å². The third-order valence-corrected chi connectivity index (χ3v) is 4.86. The molecule has 1 atom stereocenters. The highest BCUT2D eigenvalue weighted by Crippen LogP contribution is 2.17. The van der Waals surface area contributed by atoms with E-state index in [1.54, 1.807) is 30.3 Å². The number of carbonyl (C=O) groups excluding carboxylic acids is 1. The number of aryl methyl sites for hydroxylation is 1. The summed E-state index contributed by atoms with van der Waals surface area (Å²) in [7, 11) is -3.57. The van der Waals surface area contributed by atoms with E-state index in [0.29, 0.717) is 12.3 Å². The Morgan fingerprint density at radius 3 is 2.35 bits per heavy atom. The molecule has 26 heavy (non-hydrogen) atoms. The van der Waals surface area contributed by atoms with Gasteiger partial charge < -0.3 is 10.1 Å². The van der Waals surface area contributed by atoms with E-state index in [4.69, 9.17) is 4.74 Å². The molecule has 0 radical (unpaired) electrons. The van der Waals surface area contributed by atoms with Gasteiger partial charge in [0, 0.05) is 0 Å². The van der Waals surface area contributed by atoms with Gasteiger partial charge >= 0.3 is 0 Å². The zero-order valence-corrected chi connectivity index (χ0v) is 16.0. The SMILES string of the molecule is Cc1ccccc1OC[C@@H](C)NC(=O)CN(c1ccccc1)S(C)(=O)=O. The number of hydrogen-bond acceptors (Lipinski definition) is 4. The maximum atomic E-state index is 12.3. The normalized spacial score (nSPS) is 12.3. The van der Waals surface area contributed by atoms with Crippen molar-refractivity contribution in [1.29, 1.82) is 0 Å². The summed E-state index contributed by atoms with van der Waals surface area (Å²) in [5.41, 5.74) is 1.47. The van der Waals surface area contributed by atoms with Gasteiger partial charge in [-0.3, -0.25) is 9.10 Å². The van der Waals surface area contributed by atoms with E-state index >= 15 is 0 Å². The van der Waals surface area contributed by atoms with Crippen molar-refractivity contribution in [1.82, 2.24) is 5.32 Å². The quantitative estimate of drug-likeness (QED) is 0.767. The highest BCUT2D eigenvalue weighted by atomic mass is 32.2. The van der Waals surface area contributed by atoms with E-state index in [9.17, 15) is 13.2 Å². The van der Waals surface area contributed by atoms with Crippen LogP contribution in [0.1, 0.15) is 12.5 Å². The lowest BCUT2D eigenvalue weighted by Gasteiger charge is -2.23. The fraction of sp³-hybridized carbons (Fsp3) is 0.316. The van der Waals surface area contributed by atoms with Gasteiger partial charge in [-0.05, 0) is 37.6 Å². The Labute approximate surface area is 154 Å². The van der Waals surface area contributed by atoms with Crippen LogP contribution in [0.5, 0.6) is 5.75 Å². The molecule has 0 saturated carbocycles. The average molecular weight is 376 g/mol. The van der Waals surface area contributed by atoms with Crippen molar-refractivity contribution in [2.45, 2.75) is 19.9 Å². The smallest absolute Gasteiger partial charge is 0.241 e. The first-order valence-electron chi connectivity index (χ1n) is 8.28. The van der Waals surface area contributed by atoms with Crippen LogP contribution in [0, 0.1) is 6.92 Å². The third kappa shape index (κ3) is 5.77. The predicted octanol–water partition coefficient (Wildman–Crippen LogP) is 2.34. The number of benzene rings is 2. The fourth-order valence-corrected chi connectivity index (χ4v) is 3.28. The molecule has 2 rings (SSSR count). The second-order valence-electron chi connectivity index (χ2n) is 6.15. The molecule has 0 saturated heterocycles. The monoisotopic (exact) mass is 376 g/mol. The largest absolute Gasteiger partial charge is 0.491 e. The van der Waals surface area contributed by atoms with E-state index in [-0.39, 0.29) is 18.5 Å². The number of nitrogens with one attached hydrogen (secondary N) is 1. The van der Waals surface area contributed by atoms with E-state index < -0.39 is 10.0 Å². The van der Waals surface area contributed by atoms with Crippen LogP contribution in [-0.4, -0.2) is 39.8 Å². The zero-order chi connectivity index (χ0) is 19.2. The molecule has 0 spiro atoms. The minimum absolute atomic E-state index is 0.265. The van der Waals surface area contributed by atoms with Crippen molar-refractivity contribution >= 4 is 21.6 Å². The molecule has 0 aliphatic carbocycles. The van der Waals surface area contributed by atoms with Crippen LogP contribution in [0.25, 0.3) is 0 Å². The molecule has 6 nitrogen and oxygen atoms in total. The summed E-state index contributed by atoms with van der Waals surface area (Å²) >= 11 is 0. The van der Waals surface area contributed by atoms with Crippen molar-refractivity contribution in [2.24, 2.45) is 0 Å². The van der Waals surface area contributed by atoms with Gasteiger partial charge in [-0.25, -0.2) is 8.42 Å². The van der Waals surface area contributed by atoms with Gasteiger partial charge in [-0.15, -0.1) is 0 Å². The highest BCUT2D eigenvalue weighted by Gasteiger charge is 2.21. The summed E-state index contributed by atoms with van der Waals surface area (Å²) in [5, 5.41) is 2.77. The topological polar surface area (TPSA) is 75.7 Å². The van der Waals surface area contributed by atoms with Crippen molar-refractivity contribution < 1.29 is 17.9 Å². The summed E-state index contributed by atoms with van der Waals surface area (Å²) in [6.07, 6.45) is 1.08. The van der Waals surface area contributed by atoms with Crippen LogP contribution >= 0.6 is 0 Å². The molecular weight excluding hydrogens is 352 g/mol. The van der Waals surface area contributed by atoms with E-state index in [0.717, 1.165) is 21.9 Å². The predicted molar refractivity (Wildman–Crippen MR) is 103 cm³/mol. The van der Waals surface area contributed by atoms with Crippen molar-refractivity contribution in [3.8, 4) is 5.75 Å². The van der Waals surface area contributed by atoms with Gasteiger partial charge in [0.05, 0.1) is 18.0 Å². The number of para-hydroxylation sites is 2. The van der Waals surface area contributed by atoms with Crippen molar-refractivity contribution in [3.63, 3.8) is 0 Å². The van der Waals surface area contributed by atoms with Crippen LogP contribution in [0.2, 0.25) is 0 Å². The second-order valence-corrected chi connectivity index (χ2v) is 8.06. The summed E-state index contributed by atoms with van der Waals surface area (Å²) in [6.45, 7) is 3.77. The number of sulfonamides is 1. The molecule has 0 fully saturated rings. The zero-order valence-electron chi connectivity index (χ0n) is 15.2. The minimum Gasteiger partial charge on any atom is -0.491 e. The Balaban J connectivity index is 1.94. The number of rotatable bonds is 8. The maximum absolute atomic E-state index is 12.3. The van der Waals surface area contributed by atoms with Gasteiger partial charge in [0.25, 0.3) is 0 Å². The molecule has 7 heteroatoms. The molecule has 0 aromatic heterocycles. The Bertz CT molecular complexity index is 838. The number of amides is 1. The third-order valence-electron chi connectivity index (χ3n) is 3.72. The van der Waals surface area contributed by atoms with E-state index in [1.807, 2.05) is 38.1 Å². The molecule has 1 N–H and O–H groups in total. The van der Waals surface area contributed by atoms with Crippen LogP contribution in [0.3, 0.4) is 0 Å². The first-order valence-corrected chi connectivity index (χ1v) is 10.1. The van der Waals surface area contributed by atoms with Gasteiger partial charge in [0.2, 0.25) is 15.9 Å². The Morgan fingerprint density at radius 1 is 1.12 bits per heavy atom. The molecule has 0 unspecified atom stereocenters. The minimum atomic E-state index is -3.57. The lowest BCUT2D eigenvalue weighted by atomic mass is 10.2. The molecule has 0 aliphatic rings. The van der Waals surface area contributed by atoms with E-state index in [2.05, 4.69) is 5.32 Å². The second kappa shape index (κ2) is 8.71. The molecule has 0 bridgehead atoms. The van der Waals surface area contributed by atoms with Gasteiger partial charge in [0.1, 0.15) is 18.9 Å². The number of nitrogens with zero attached hydrogens (tertiary/aromatic N) is 1. The summed E-state index contributed by atoms with van der Waals surface area (Å²) in [6, 6.07) is 15.9. The fourth-order valence-electron chi connectivity index (χ4n) is 2.42. The number of anilines is 1. The number of carbonyl (C=O) groups is 1. The van der Waals surface area contributed by atoms with Crippen molar-refractivity contribution in [3.05, 3.63) is 60.2 Å². The molecule has 2 aromatic rings. The summed E-state index contributed by atoms with van der Waals surface area (Å²) in [4.78, 5) is 12.3. The molecule has 1 amide bonds. The highest BCUT2D eigenvalue weighted by molar-refractivity contribution is 7.92. The molecule has 2 aromatic carbocycles. The first kappa shape index (κ1) is 19.8. The molecule has 0 aliphatic heterocycles. The number of hydrogen-bond donors (Lipinski definition) is 1. The maximum Gasteiger partial charge on any atom is 0.241 e. The standard InChI is InChI=1S/C19H24N2O4S/c1-15-9-7-8-12-18(15)25-14-16(2)20-19(22)13-21(26(3,23)24)17-10-5-4-6-11-17/h4-12,16H,13-14H2,1-3H3,(H,20,22)/t16-/m1/s1.